The van der Waals surface area contributed by atoms with Crippen LogP contribution in [0.25, 0.3) is 0 Å². The number of hydrogen-bond acceptors (Lipinski definition) is 13. The Kier molecular flexibility index (Phi) is 10.5. The zero-order chi connectivity index (χ0) is 31.1. The summed E-state index contributed by atoms with van der Waals surface area (Å²) < 4.78 is 1.72. The molecule has 44 heavy (non-hydrogen) atoms. The number of benzene rings is 1. The number of hydrogen-bond donors (Lipinski definition) is 3. The Bertz CT molecular complexity index is 1560. The predicted molar refractivity (Wildman–Crippen MR) is 167 cm³/mol. The highest BCUT2D eigenvalue weighted by molar-refractivity contribution is 8.01. The Labute approximate surface area is 265 Å². The van der Waals surface area contributed by atoms with Crippen molar-refractivity contribution in [3.63, 3.8) is 0 Å². The average Bonchev–Trinajstić information content (AvgIpc) is 3.67. The Balaban J connectivity index is 1.25. The molecule has 17 heteroatoms. The molecule has 1 unspecified atom stereocenters. The number of nitrogens with two attached hydrogens (primary N) is 1. The van der Waals surface area contributed by atoms with Gasteiger partial charge in [-0.15, -0.1) is 28.2 Å². The number of tetrazole rings is 1. The summed E-state index contributed by atoms with van der Waals surface area (Å²) in [6.07, 6.45) is 4.29. The van der Waals surface area contributed by atoms with Gasteiger partial charge in [0, 0.05) is 23.4 Å². The number of β-lactam (4-membered cyclic amide) rings is 1. The molecular weight excluding hydrogens is 627 g/mol. The first-order valence-corrected chi connectivity index (χ1v) is 16.8. The highest BCUT2D eigenvalue weighted by atomic mass is 32.2. The van der Waals surface area contributed by atoms with Gasteiger partial charge in [0.2, 0.25) is 5.16 Å². The number of aliphatic carboxylic acids is 1. The largest absolute Gasteiger partial charge is 0.477 e. The summed E-state index contributed by atoms with van der Waals surface area (Å²) >= 11 is 3.84. The number of thiazole rings is 1. The van der Waals surface area contributed by atoms with E-state index in [-0.39, 0.29) is 28.8 Å². The summed E-state index contributed by atoms with van der Waals surface area (Å²) in [5.41, 5.74) is 7.20. The van der Waals surface area contributed by atoms with Gasteiger partial charge < -0.3 is 21.0 Å². The number of aromatic nitrogens is 5. The topological polar surface area (TPSA) is 191 Å². The van der Waals surface area contributed by atoms with Gasteiger partial charge in [-0.2, -0.15) is 0 Å². The first-order valence-electron chi connectivity index (χ1n) is 13.9. The van der Waals surface area contributed by atoms with Gasteiger partial charge in [0.25, 0.3) is 11.8 Å². The average molecular weight is 658 g/mol. The van der Waals surface area contributed by atoms with E-state index in [1.807, 2.05) is 30.3 Å². The fraction of sp³-hybridized carbons (Fsp3) is 0.407. The summed E-state index contributed by atoms with van der Waals surface area (Å²) in [6.45, 7) is 2.94. The van der Waals surface area contributed by atoms with Gasteiger partial charge in [-0.1, -0.05) is 73.4 Å². The molecule has 0 radical (unpaired) electrons. The molecule has 0 spiro atoms. The van der Waals surface area contributed by atoms with Crippen LogP contribution in [0.4, 0.5) is 5.13 Å². The molecule has 2 aliphatic heterocycles. The minimum Gasteiger partial charge on any atom is -0.477 e. The maximum absolute atomic E-state index is 13.3. The fourth-order valence-electron chi connectivity index (χ4n) is 4.63. The highest BCUT2D eigenvalue weighted by Gasteiger charge is 2.54. The van der Waals surface area contributed by atoms with Crippen LogP contribution in [0, 0.1) is 0 Å². The summed E-state index contributed by atoms with van der Waals surface area (Å²) in [4.78, 5) is 49.8. The number of anilines is 1. The van der Waals surface area contributed by atoms with Crippen molar-refractivity contribution < 1.29 is 24.3 Å². The van der Waals surface area contributed by atoms with E-state index in [0.717, 1.165) is 42.6 Å². The maximum atomic E-state index is 13.3. The van der Waals surface area contributed by atoms with Gasteiger partial charge in [0.15, 0.2) is 10.8 Å². The second-order valence-electron chi connectivity index (χ2n) is 9.92. The smallest absolute Gasteiger partial charge is 0.352 e. The van der Waals surface area contributed by atoms with Crippen LogP contribution in [0.3, 0.4) is 0 Å². The molecule has 5 rings (SSSR count). The van der Waals surface area contributed by atoms with Crippen molar-refractivity contribution in [2.24, 2.45) is 5.16 Å². The lowest BCUT2D eigenvalue weighted by atomic mass is 10.0. The quantitative estimate of drug-likeness (QED) is 0.0713. The standard InChI is InChI=1S/C27H31N9O5S3/c1-2-3-4-8-11-35-27(31-33-34-35)44-14-17-13-42-24-20(23(38)36(24)21(17)25(39)40)30-22(37)19(18-15-43-26(28)29-18)32-41-12-16-9-6-5-7-10-16/h5-7,9-10,15,20,24H,2-4,8,11-14H2,1H3,(H2,28,29)(H,30,37)(H,39,40)/b32-19+/t20?,24-/m1/s1. The van der Waals surface area contributed by atoms with Crippen LogP contribution in [0.2, 0.25) is 0 Å². The van der Waals surface area contributed by atoms with E-state index in [0.29, 0.717) is 28.8 Å². The van der Waals surface area contributed by atoms with Gasteiger partial charge in [-0.05, 0) is 28.0 Å². The van der Waals surface area contributed by atoms with E-state index in [1.165, 1.54) is 28.4 Å². The number of carboxylic acid groups (broad SMARTS) is 1. The molecule has 2 amide bonds. The zero-order valence-electron chi connectivity index (χ0n) is 23.8. The van der Waals surface area contributed by atoms with Gasteiger partial charge in [0.05, 0.1) is 0 Å². The van der Waals surface area contributed by atoms with Crippen LogP contribution in [-0.2, 0) is 32.4 Å². The van der Waals surface area contributed by atoms with Crippen LogP contribution in [-0.4, -0.2) is 81.6 Å². The third-order valence-corrected chi connectivity index (χ3v) is 9.90. The minimum atomic E-state index is -1.21. The van der Waals surface area contributed by atoms with Crippen LogP contribution in [0.1, 0.15) is 43.9 Å². The van der Waals surface area contributed by atoms with Crippen molar-refractivity contribution in [1.82, 2.24) is 35.4 Å². The number of amides is 2. The van der Waals surface area contributed by atoms with E-state index in [2.05, 4.69) is 37.9 Å². The van der Waals surface area contributed by atoms with Crippen LogP contribution >= 0.6 is 34.9 Å². The summed E-state index contributed by atoms with van der Waals surface area (Å²) in [5.74, 6) is -1.76. The van der Waals surface area contributed by atoms with Gasteiger partial charge in [-0.3, -0.25) is 14.5 Å². The van der Waals surface area contributed by atoms with Crippen molar-refractivity contribution in [1.29, 1.82) is 0 Å². The van der Waals surface area contributed by atoms with E-state index >= 15 is 0 Å². The number of nitrogens with zero attached hydrogens (tertiary/aromatic N) is 7. The number of nitrogen functional groups attached to an aromatic ring is 1. The second kappa shape index (κ2) is 14.7. The number of oxime groups is 1. The number of rotatable bonds is 15. The molecule has 1 saturated heterocycles. The molecule has 1 fully saturated rings. The highest BCUT2D eigenvalue weighted by Crippen LogP contribution is 2.41. The SMILES string of the molecule is CCCCCCn1nnnc1SCC1=C(C(=O)O)N2C(=O)C(NC(=O)/C(=N/OCc3ccccc3)c3csc(N)n3)[C@H]2SC1. The number of carbonyl (C=O) groups is 3. The Hall–Kier alpha value is -3.96. The van der Waals surface area contributed by atoms with Gasteiger partial charge in [-0.25, -0.2) is 14.5 Å². The number of aryl methyl sites for hydroxylation is 1. The van der Waals surface area contributed by atoms with Crippen molar-refractivity contribution in [2.75, 3.05) is 17.2 Å². The first kappa shape index (κ1) is 31.5. The Morgan fingerprint density at radius 3 is 2.80 bits per heavy atom. The van der Waals surface area contributed by atoms with Gasteiger partial charge >= 0.3 is 5.97 Å². The molecule has 2 atom stereocenters. The van der Waals surface area contributed by atoms with Crippen LogP contribution in [0.5, 0.6) is 0 Å². The molecule has 3 aromatic rings. The molecule has 2 aliphatic rings. The van der Waals surface area contributed by atoms with E-state index < -0.39 is 29.2 Å². The summed E-state index contributed by atoms with van der Waals surface area (Å²) in [7, 11) is 0. The van der Waals surface area contributed by atoms with E-state index in [1.54, 1.807) is 10.1 Å². The summed E-state index contributed by atoms with van der Waals surface area (Å²) in [6, 6.07) is 8.34. The number of carboxylic acids is 1. The Morgan fingerprint density at radius 2 is 2.07 bits per heavy atom. The van der Waals surface area contributed by atoms with Crippen molar-refractivity contribution in [3.8, 4) is 0 Å². The number of nitrogens with one attached hydrogen (secondary N) is 1. The molecule has 0 aliphatic carbocycles. The molecule has 4 N–H and O–H groups in total. The minimum absolute atomic E-state index is 0.0777. The molecule has 1 aromatic carbocycles. The van der Waals surface area contributed by atoms with Crippen molar-refractivity contribution in [2.45, 2.75) is 62.3 Å². The number of thioether (sulfide) groups is 2. The van der Waals surface area contributed by atoms with Crippen molar-refractivity contribution in [3.05, 3.63) is 58.2 Å². The van der Waals surface area contributed by atoms with Gasteiger partial charge in [0.1, 0.15) is 29.4 Å². The molecular formula is C27H31N9O5S3. The van der Waals surface area contributed by atoms with Crippen LogP contribution in [0.15, 0.2) is 57.3 Å². The second-order valence-corrected chi connectivity index (χ2v) is 12.9. The molecule has 14 nitrogen and oxygen atoms in total. The molecule has 232 valence electrons. The lowest BCUT2D eigenvalue weighted by molar-refractivity contribution is -0.150. The van der Waals surface area contributed by atoms with Crippen molar-refractivity contribution >= 4 is 63.5 Å². The lowest BCUT2D eigenvalue weighted by Crippen LogP contribution is -2.71. The molecule has 0 saturated carbocycles. The first-order chi connectivity index (χ1) is 21.4. The molecule has 0 bridgehead atoms. The fourth-order valence-corrected chi connectivity index (χ4v) is 7.57. The third kappa shape index (κ3) is 7.22. The monoisotopic (exact) mass is 657 g/mol. The number of unbranched alkanes of at least 4 members (excludes halogenated alkanes) is 3. The van der Waals surface area contributed by atoms with E-state index in [4.69, 9.17) is 10.6 Å². The summed E-state index contributed by atoms with van der Waals surface area (Å²) in [5, 5.41) is 30.5. The maximum Gasteiger partial charge on any atom is 0.352 e. The normalized spacial score (nSPS) is 18.2. The zero-order valence-corrected chi connectivity index (χ0v) is 26.2. The predicted octanol–water partition coefficient (Wildman–Crippen LogP) is 2.74. The molecule has 4 heterocycles. The number of carbonyl (C=O) groups excluding carboxylic acids is 2. The third-order valence-electron chi connectivity index (χ3n) is 6.84. The molecule has 2 aromatic heterocycles. The van der Waals surface area contributed by atoms with Crippen LogP contribution < -0.4 is 11.1 Å². The Morgan fingerprint density at radius 1 is 1.25 bits per heavy atom. The number of fused-ring (bicyclic) bond motifs is 1. The van der Waals surface area contributed by atoms with E-state index in [9.17, 15) is 19.5 Å². The lowest BCUT2D eigenvalue weighted by Gasteiger charge is -2.49.